The van der Waals surface area contributed by atoms with Crippen LogP contribution in [-0.4, -0.2) is 6.01 Å². The number of rotatable bonds is 2. The third-order valence-corrected chi connectivity index (χ3v) is 5.63. The molecule has 0 spiro atoms. The second kappa shape index (κ2) is 8.40. The van der Waals surface area contributed by atoms with Crippen molar-refractivity contribution in [2.45, 2.75) is 105 Å². The van der Waals surface area contributed by atoms with E-state index in [4.69, 9.17) is 9.98 Å². The molecular formula is C29H42N2. The van der Waals surface area contributed by atoms with Crippen molar-refractivity contribution in [2.24, 2.45) is 9.98 Å². The summed E-state index contributed by atoms with van der Waals surface area (Å²) >= 11 is 0. The third kappa shape index (κ3) is 5.95. The lowest BCUT2D eigenvalue weighted by Gasteiger charge is -2.28. The molecule has 0 aromatic heterocycles. The molecule has 2 heteroatoms. The average Bonchev–Trinajstić information content (AvgIpc) is 2.58. The van der Waals surface area contributed by atoms with Gasteiger partial charge in [-0.25, -0.2) is 0 Å². The number of benzene rings is 2. The Labute approximate surface area is 190 Å². The van der Waals surface area contributed by atoms with Crippen LogP contribution in [0, 0.1) is 0 Å². The van der Waals surface area contributed by atoms with Gasteiger partial charge in [0, 0.05) is 0 Å². The lowest BCUT2D eigenvalue weighted by atomic mass is 9.79. The molecule has 0 heterocycles. The van der Waals surface area contributed by atoms with Crippen molar-refractivity contribution in [1.82, 2.24) is 0 Å². The van der Waals surface area contributed by atoms with E-state index in [9.17, 15) is 0 Å². The van der Waals surface area contributed by atoms with E-state index in [0.29, 0.717) is 0 Å². The van der Waals surface area contributed by atoms with Gasteiger partial charge in [0.1, 0.15) is 6.01 Å². The Hall–Kier alpha value is -2.18. The molecular weight excluding hydrogens is 376 g/mol. The van der Waals surface area contributed by atoms with E-state index in [0.717, 1.165) is 11.4 Å². The van der Waals surface area contributed by atoms with Crippen LogP contribution in [0.1, 0.15) is 105 Å². The van der Waals surface area contributed by atoms with Gasteiger partial charge >= 0.3 is 0 Å². The molecule has 0 unspecified atom stereocenters. The number of hydrogen-bond donors (Lipinski definition) is 0. The lowest BCUT2D eigenvalue weighted by Crippen LogP contribution is -2.17. The number of nitrogens with zero attached hydrogens (tertiary/aromatic N) is 2. The van der Waals surface area contributed by atoms with Gasteiger partial charge in [-0.2, -0.15) is 9.98 Å². The fourth-order valence-electron chi connectivity index (χ4n) is 3.87. The highest BCUT2D eigenvalue weighted by Gasteiger charge is 2.26. The summed E-state index contributed by atoms with van der Waals surface area (Å²) in [6.07, 6.45) is 0. The van der Waals surface area contributed by atoms with Crippen LogP contribution in [0.15, 0.2) is 46.4 Å². The fraction of sp³-hybridized carbons (Fsp3) is 0.552. The van der Waals surface area contributed by atoms with Gasteiger partial charge in [0.05, 0.1) is 11.4 Å². The summed E-state index contributed by atoms with van der Waals surface area (Å²) in [5.41, 5.74) is 6.84. The van der Waals surface area contributed by atoms with E-state index in [2.05, 4.69) is 125 Å². The Morgan fingerprint density at radius 3 is 0.871 bits per heavy atom. The van der Waals surface area contributed by atoms with Crippen LogP contribution in [0.25, 0.3) is 0 Å². The van der Waals surface area contributed by atoms with Crippen molar-refractivity contribution in [3.05, 3.63) is 58.7 Å². The van der Waals surface area contributed by atoms with Crippen molar-refractivity contribution in [3.8, 4) is 0 Å². The molecule has 0 aliphatic rings. The van der Waals surface area contributed by atoms with Gasteiger partial charge in [-0.1, -0.05) is 119 Å². The smallest absolute Gasteiger partial charge is 0.101 e. The van der Waals surface area contributed by atoms with Gasteiger partial charge < -0.3 is 0 Å². The molecule has 0 fully saturated rings. The highest BCUT2D eigenvalue weighted by molar-refractivity contribution is 5.68. The second-order valence-electron chi connectivity index (χ2n) is 12.7. The standard InChI is InChI=1S/C29H42N2/c1-26(2,3)20-15-13-16-21(27(4,5)6)24(20)30-19-31-25-22(28(7,8)9)17-14-18-23(25)29(10,11)12/h13-18H,1-12H3. The molecule has 2 aromatic rings. The van der Waals surface area contributed by atoms with Gasteiger partial charge in [0.15, 0.2) is 0 Å². The van der Waals surface area contributed by atoms with Gasteiger partial charge in [0.25, 0.3) is 0 Å². The maximum atomic E-state index is 4.86. The highest BCUT2D eigenvalue weighted by Crippen LogP contribution is 2.41. The predicted molar refractivity (Wildman–Crippen MR) is 137 cm³/mol. The van der Waals surface area contributed by atoms with Crippen molar-refractivity contribution in [3.63, 3.8) is 0 Å². The van der Waals surface area contributed by atoms with Gasteiger partial charge in [-0.3, -0.25) is 0 Å². The molecule has 0 aliphatic carbocycles. The summed E-state index contributed by atoms with van der Waals surface area (Å²) in [7, 11) is 0. The molecule has 31 heavy (non-hydrogen) atoms. The summed E-state index contributed by atoms with van der Waals surface area (Å²) in [5, 5.41) is 0. The maximum absolute atomic E-state index is 4.86. The minimum atomic E-state index is -0.0122. The number of para-hydroxylation sites is 2. The summed E-state index contributed by atoms with van der Waals surface area (Å²) in [6.45, 7) is 26.8. The normalized spacial score (nSPS) is 13.0. The summed E-state index contributed by atoms with van der Waals surface area (Å²) in [6, 6.07) is 16.1. The Morgan fingerprint density at radius 1 is 0.452 bits per heavy atom. The zero-order valence-corrected chi connectivity index (χ0v) is 21.9. The summed E-state index contributed by atoms with van der Waals surface area (Å²) < 4.78 is 0. The van der Waals surface area contributed by atoms with E-state index in [1.807, 2.05) is 0 Å². The maximum Gasteiger partial charge on any atom is 0.101 e. The average molecular weight is 419 g/mol. The van der Waals surface area contributed by atoms with E-state index >= 15 is 0 Å². The first-order valence-electron chi connectivity index (χ1n) is 11.4. The first-order valence-corrected chi connectivity index (χ1v) is 11.4. The largest absolute Gasteiger partial charge is 0.187 e. The van der Waals surface area contributed by atoms with Crippen LogP contribution < -0.4 is 0 Å². The SMILES string of the molecule is CC(C)(C)c1cccc(C(C)(C)C)c1N=C=Nc1c(C(C)(C)C)cccc1C(C)(C)C. The van der Waals surface area contributed by atoms with Gasteiger partial charge in [-0.05, 0) is 43.9 Å². The molecule has 0 amide bonds. The number of hydrogen-bond acceptors (Lipinski definition) is 2. The molecule has 0 radical (unpaired) electrons. The summed E-state index contributed by atoms with van der Waals surface area (Å²) in [4.78, 5) is 9.73. The van der Waals surface area contributed by atoms with Crippen LogP contribution in [0.3, 0.4) is 0 Å². The van der Waals surface area contributed by atoms with Crippen LogP contribution in [-0.2, 0) is 21.7 Å². The van der Waals surface area contributed by atoms with E-state index in [1.54, 1.807) is 0 Å². The highest BCUT2D eigenvalue weighted by atomic mass is 14.8. The molecule has 0 N–H and O–H groups in total. The van der Waals surface area contributed by atoms with Crippen molar-refractivity contribution >= 4 is 17.4 Å². The molecule has 0 bridgehead atoms. The lowest BCUT2D eigenvalue weighted by molar-refractivity contribution is 0.571. The summed E-state index contributed by atoms with van der Waals surface area (Å²) in [5.74, 6) is 0. The first-order chi connectivity index (χ1) is 13.9. The van der Waals surface area contributed by atoms with Crippen LogP contribution in [0.4, 0.5) is 11.4 Å². The van der Waals surface area contributed by atoms with Crippen molar-refractivity contribution < 1.29 is 0 Å². The van der Waals surface area contributed by atoms with Crippen LogP contribution in [0.5, 0.6) is 0 Å². The van der Waals surface area contributed by atoms with Crippen LogP contribution in [0.2, 0.25) is 0 Å². The second-order valence-corrected chi connectivity index (χ2v) is 12.7. The number of aliphatic imine (C=N–C) groups is 2. The Bertz CT molecular complexity index is 847. The predicted octanol–water partition coefficient (Wildman–Crippen LogP) is 9.01. The molecule has 168 valence electrons. The van der Waals surface area contributed by atoms with E-state index < -0.39 is 0 Å². The molecule has 2 aromatic carbocycles. The molecule has 2 nitrogen and oxygen atoms in total. The van der Waals surface area contributed by atoms with E-state index in [-0.39, 0.29) is 21.7 Å². The van der Waals surface area contributed by atoms with Crippen molar-refractivity contribution in [2.75, 3.05) is 0 Å². The first kappa shape index (κ1) is 25.1. The minimum Gasteiger partial charge on any atom is -0.187 e. The Kier molecular flexibility index (Phi) is 6.79. The zero-order valence-electron chi connectivity index (χ0n) is 21.9. The monoisotopic (exact) mass is 418 g/mol. The minimum absolute atomic E-state index is 0.0122. The van der Waals surface area contributed by atoms with Gasteiger partial charge in [0.2, 0.25) is 0 Å². The van der Waals surface area contributed by atoms with Gasteiger partial charge in [-0.15, -0.1) is 0 Å². The molecule has 0 saturated heterocycles. The molecule has 0 saturated carbocycles. The molecule has 0 atom stereocenters. The Morgan fingerprint density at radius 2 is 0.677 bits per heavy atom. The topological polar surface area (TPSA) is 24.7 Å². The Balaban J connectivity index is 2.80. The third-order valence-electron chi connectivity index (χ3n) is 5.63. The molecule has 0 aliphatic heterocycles. The quantitative estimate of drug-likeness (QED) is 0.435. The zero-order chi connectivity index (χ0) is 23.8. The van der Waals surface area contributed by atoms with Crippen molar-refractivity contribution in [1.29, 1.82) is 0 Å². The van der Waals surface area contributed by atoms with Crippen LogP contribution >= 0.6 is 0 Å². The van der Waals surface area contributed by atoms with E-state index in [1.165, 1.54) is 22.3 Å². The molecule has 2 rings (SSSR count). The fourth-order valence-corrected chi connectivity index (χ4v) is 3.87.